The molecule has 2 heterocycles. The molecule has 2 aromatic heterocycles. The molecule has 0 radical (unpaired) electrons. The number of rotatable bonds is 10. The minimum Gasteiger partial charge on any atom is -0.396 e. The van der Waals surface area contributed by atoms with Gasteiger partial charge >= 0.3 is 0 Å². The second-order valence-corrected chi connectivity index (χ2v) is 7.27. The van der Waals surface area contributed by atoms with Crippen molar-refractivity contribution in [2.24, 2.45) is 0 Å². The number of aryl methyl sites for hydroxylation is 2. The van der Waals surface area contributed by atoms with Gasteiger partial charge in [-0.2, -0.15) is 0 Å². The third-order valence-corrected chi connectivity index (χ3v) is 4.87. The molecule has 0 aliphatic carbocycles. The number of benzene rings is 1. The first kappa shape index (κ1) is 21.1. The van der Waals surface area contributed by atoms with Gasteiger partial charge in [0.25, 0.3) is 5.56 Å². The van der Waals surface area contributed by atoms with Crippen LogP contribution in [-0.4, -0.2) is 62.1 Å². The topological polar surface area (TPSA) is 109 Å². The molecule has 9 heteroatoms. The number of aliphatic hydroxyl groups excluding tert-OH is 1. The summed E-state index contributed by atoms with van der Waals surface area (Å²) in [4.78, 5) is 17.8. The lowest BCUT2D eigenvalue weighted by atomic mass is 10.1. The number of nitrogens with zero attached hydrogens (tertiary/aromatic N) is 5. The second-order valence-electron chi connectivity index (χ2n) is 7.27. The zero-order valence-corrected chi connectivity index (χ0v) is 17.2. The van der Waals surface area contributed by atoms with Crippen LogP contribution in [0.2, 0.25) is 0 Å². The summed E-state index contributed by atoms with van der Waals surface area (Å²) in [7, 11) is 1.63. The lowest BCUT2D eigenvalue weighted by Crippen LogP contribution is -2.29. The number of nitrogens with one attached hydrogen (secondary N) is 1. The number of aliphatic hydroxyl groups is 1. The van der Waals surface area contributed by atoms with Gasteiger partial charge in [0.1, 0.15) is 0 Å². The number of hydrogen-bond donors (Lipinski definition) is 2. The maximum absolute atomic E-state index is 12.7. The van der Waals surface area contributed by atoms with Crippen LogP contribution in [-0.2, 0) is 24.4 Å². The van der Waals surface area contributed by atoms with Crippen molar-refractivity contribution in [1.29, 1.82) is 0 Å². The highest BCUT2D eigenvalue weighted by atomic mass is 16.5. The van der Waals surface area contributed by atoms with Crippen LogP contribution in [0.25, 0.3) is 10.9 Å². The molecule has 0 aliphatic rings. The molecule has 3 rings (SSSR count). The van der Waals surface area contributed by atoms with E-state index in [9.17, 15) is 9.90 Å². The lowest BCUT2D eigenvalue weighted by molar-refractivity contribution is 0.176. The van der Waals surface area contributed by atoms with Crippen LogP contribution in [0.15, 0.2) is 23.0 Å². The van der Waals surface area contributed by atoms with E-state index in [1.54, 1.807) is 11.8 Å². The Labute approximate surface area is 169 Å². The van der Waals surface area contributed by atoms with Gasteiger partial charge in [-0.3, -0.25) is 9.69 Å². The number of aromatic nitrogens is 5. The first-order valence-electron chi connectivity index (χ1n) is 9.72. The Kier molecular flexibility index (Phi) is 7.08. The molecule has 0 fully saturated rings. The van der Waals surface area contributed by atoms with Gasteiger partial charge in [0, 0.05) is 32.4 Å². The van der Waals surface area contributed by atoms with Gasteiger partial charge in [0.15, 0.2) is 5.82 Å². The van der Waals surface area contributed by atoms with Gasteiger partial charge in [-0.1, -0.05) is 11.6 Å². The molecule has 0 amide bonds. The average molecular weight is 400 g/mol. The average Bonchev–Trinajstić information content (AvgIpc) is 3.12. The Morgan fingerprint density at radius 1 is 1.24 bits per heavy atom. The lowest BCUT2D eigenvalue weighted by Gasteiger charge is -2.21. The minimum atomic E-state index is -0.0996. The van der Waals surface area contributed by atoms with Crippen molar-refractivity contribution in [2.45, 2.75) is 39.9 Å². The van der Waals surface area contributed by atoms with E-state index in [1.165, 1.54) is 0 Å². The Balaban J connectivity index is 1.86. The highest BCUT2D eigenvalue weighted by Crippen LogP contribution is 2.19. The summed E-state index contributed by atoms with van der Waals surface area (Å²) in [6.45, 7) is 6.73. The van der Waals surface area contributed by atoms with Crippen molar-refractivity contribution in [3.05, 3.63) is 51.1 Å². The molecule has 0 unspecified atom stereocenters. The van der Waals surface area contributed by atoms with Crippen LogP contribution < -0.4 is 5.56 Å². The van der Waals surface area contributed by atoms with Crippen LogP contribution in [0.1, 0.15) is 28.9 Å². The number of methoxy groups -OCH3 is 1. The fraction of sp³-hybridized carbons (Fsp3) is 0.500. The number of hydrogen-bond acceptors (Lipinski definition) is 7. The van der Waals surface area contributed by atoms with Crippen molar-refractivity contribution in [3.8, 4) is 0 Å². The van der Waals surface area contributed by atoms with Gasteiger partial charge in [-0.05, 0) is 53.8 Å². The van der Waals surface area contributed by atoms with Crippen molar-refractivity contribution in [3.63, 3.8) is 0 Å². The molecule has 1 aromatic carbocycles. The van der Waals surface area contributed by atoms with Gasteiger partial charge in [0.05, 0.1) is 25.2 Å². The molecule has 3 aromatic rings. The smallest absolute Gasteiger partial charge is 0.252 e. The molecule has 0 bridgehead atoms. The molecule has 0 aliphatic heterocycles. The molecule has 29 heavy (non-hydrogen) atoms. The molecule has 0 saturated heterocycles. The molecular weight excluding hydrogens is 372 g/mol. The molecule has 156 valence electrons. The van der Waals surface area contributed by atoms with E-state index in [0.717, 1.165) is 22.0 Å². The summed E-state index contributed by atoms with van der Waals surface area (Å²) in [6, 6.07) is 6.09. The Morgan fingerprint density at radius 2 is 2.07 bits per heavy atom. The first-order valence-corrected chi connectivity index (χ1v) is 9.72. The van der Waals surface area contributed by atoms with Crippen LogP contribution in [0.5, 0.6) is 0 Å². The molecule has 0 atom stereocenters. The Bertz CT molecular complexity index is 1010. The molecule has 9 nitrogen and oxygen atoms in total. The minimum absolute atomic E-state index is 0.0809. The van der Waals surface area contributed by atoms with E-state index in [0.29, 0.717) is 50.6 Å². The van der Waals surface area contributed by atoms with E-state index < -0.39 is 0 Å². The Morgan fingerprint density at radius 3 is 2.83 bits per heavy atom. The van der Waals surface area contributed by atoms with E-state index in [4.69, 9.17) is 4.74 Å². The summed E-state index contributed by atoms with van der Waals surface area (Å²) >= 11 is 0. The van der Waals surface area contributed by atoms with Crippen LogP contribution >= 0.6 is 0 Å². The maximum atomic E-state index is 12.7. The molecule has 0 saturated carbocycles. The van der Waals surface area contributed by atoms with E-state index in [1.807, 2.05) is 19.9 Å². The van der Waals surface area contributed by atoms with E-state index >= 15 is 0 Å². The van der Waals surface area contributed by atoms with Crippen molar-refractivity contribution < 1.29 is 9.84 Å². The molecule has 2 N–H and O–H groups in total. The molecular formula is C20H28N6O3. The predicted octanol–water partition coefficient (Wildman–Crippen LogP) is 1.16. The summed E-state index contributed by atoms with van der Waals surface area (Å²) in [5.41, 5.74) is 3.66. The summed E-state index contributed by atoms with van der Waals surface area (Å²) in [5, 5.41) is 22.2. The predicted molar refractivity (Wildman–Crippen MR) is 110 cm³/mol. The number of ether oxygens (including phenoxy) is 1. The standard InChI is InChI=1S/C20H28N6O3/c1-14-9-15(2)19-16(10-14)11-17(20(28)21-19)12-25(5-4-7-27)13-18-22-23-24-26(18)6-8-29-3/h9-11,27H,4-8,12-13H2,1-3H3,(H,21,28). The summed E-state index contributed by atoms with van der Waals surface area (Å²) in [6.07, 6.45) is 0.601. The van der Waals surface area contributed by atoms with Gasteiger partial charge in [-0.15, -0.1) is 5.10 Å². The summed E-state index contributed by atoms with van der Waals surface area (Å²) < 4.78 is 6.80. The first-order chi connectivity index (χ1) is 14.0. The van der Waals surface area contributed by atoms with E-state index in [-0.39, 0.29) is 12.2 Å². The third-order valence-electron chi connectivity index (χ3n) is 4.87. The van der Waals surface area contributed by atoms with Crippen molar-refractivity contribution in [2.75, 3.05) is 26.9 Å². The van der Waals surface area contributed by atoms with Crippen LogP contribution in [0, 0.1) is 13.8 Å². The zero-order chi connectivity index (χ0) is 20.8. The van der Waals surface area contributed by atoms with Crippen molar-refractivity contribution >= 4 is 10.9 Å². The maximum Gasteiger partial charge on any atom is 0.252 e. The third kappa shape index (κ3) is 5.26. The fourth-order valence-corrected chi connectivity index (χ4v) is 3.49. The normalized spacial score (nSPS) is 11.6. The zero-order valence-electron chi connectivity index (χ0n) is 17.2. The van der Waals surface area contributed by atoms with Gasteiger partial charge in [0.2, 0.25) is 0 Å². The van der Waals surface area contributed by atoms with E-state index in [2.05, 4.69) is 37.5 Å². The van der Waals surface area contributed by atoms with Gasteiger partial charge in [-0.25, -0.2) is 4.68 Å². The SMILES string of the molecule is COCCn1nnnc1CN(CCCO)Cc1cc2cc(C)cc(C)c2[nH]c1=O. The summed E-state index contributed by atoms with van der Waals surface area (Å²) in [5.74, 6) is 0.698. The molecule has 0 spiro atoms. The Hall–Kier alpha value is -2.62. The largest absolute Gasteiger partial charge is 0.396 e. The second kappa shape index (κ2) is 9.73. The van der Waals surface area contributed by atoms with Crippen LogP contribution in [0.4, 0.5) is 0 Å². The number of tetrazole rings is 1. The highest BCUT2D eigenvalue weighted by molar-refractivity contribution is 5.82. The fourth-order valence-electron chi connectivity index (χ4n) is 3.49. The monoisotopic (exact) mass is 400 g/mol. The number of H-pyrrole nitrogens is 1. The van der Waals surface area contributed by atoms with Gasteiger partial charge < -0.3 is 14.8 Å². The van der Waals surface area contributed by atoms with Crippen molar-refractivity contribution in [1.82, 2.24) is 30.1 Å². The quantitative estimate of drug-likeness (QED) is 0.526. The van der Waals surface area contributed by atoms with Crippen LogP contribution in [0.3, 0.4) is 0 Å². The number of aromatic amines is 1. The number of fused-ring (bicyclic) bond motifs is 1. The highest BCUT2D eigenvalue weighted by Gasteiger charge is 2.15. The number of pyridine rings is 1.